The Balaban J connectivity index is 3.29. The van der Waals surface area contributed by atoms with Crippen LogP contribution in [0.25, 0.3) is 0 Å². The Morgan fingerprint density at radius 3 is 2.47 bits per heavy atom. The monoisotopic (exact) mass is 289 g/mol. The van der Waals surface area contributed by atoms with E-state index in [2.05, 4.69) is 0 Å². The van der Waals surface area contributed by atoms with E-state index in [9.17, 15) is 18.5 Å². The SMILES string of the molecule is NCCN(CCO)S(=O)(=O)c1ccccc1[N+](=O)[O-]. The maximum absolute atomic E-state index is 12.3. The Morgan fingerprint density at radius 1 is 1.32 bits per heavy atom. The van der Waals surface area contributed by atoms with Gasteiger partial charge in [-0.2, -0.15) is 4.31 Å². The summed E-state index contributed by atoms with van der Waals surface area (Å²) in [6.07, 6.45) is 0. The zero-order valence-corrected chi connectivity index (χ0v) is 10.9. The standard InChI is InChI=1S/C10H15N3O5S/c11-5-6-12(7-8-14)19(17,18)10-4-2-1-3-9(10)13(15)16/h1-4,14H,5-8,11H2. The van der Waals surface area contributed by atoms with Crippen molar-refractivity contribution in [1.82, 2.24) is 4.31 Å². The molecule has 106 valence electrons. The Morgan fingerprint density at radius 2 is 1.95 bits per heavy atom. The van der Waals surface area contributed by atoms with Crippen molar-refractivity contribution >= 4 is 15.7 Å². The van der Waals surface area contributed by atoms with Crippen LogP contribution in [0.1, 0.15) is 0 Å². The van der Waals surface area contributed by atoms with E-state index in [-0.39, 0.29) is 26.2 Å². The summed E-state index contributed by atoms with van der Waals surface area (Å²) in [4.78, 5) is 9.70. The number of hydrogen-bond acceptors (Lipinski definition) is 6. The second-order valence-corrected chi connectivity index (χ2v) is 5.55. The van der Waals surface area contributed by atoms with Gasteiger partial charge in [-0.15, -0.1) is 0 Å². The van der Waals surface area contributed by atoms with E-state index < -0.39 is 25.5 Å². The van der Waals surface area contributed by atoms with E-state index in [4.69, 9.17) is 10.8 Å². The van der Waals surface area contributed by atoms with E-state index in [0.29, 0.717) is 0 Å². The molecule has 0 bridgehead atoms. The van der Waals surface area contributed by atoms with Crippen LogP contribution in [0.2, 0.25) is 0 Å². The first kappa shape index (κ1) is 15.5. The first-order valence-corrected chi connectivity index (χ1v) is 6.93. The molecule has 0 aliphatic heterocycles. The molecule has 1 aromatic rings. The van der Waals surface area contributed by atoms with Gasteiger partial charge in [0.1, 0.15) is 0 Å². The molecule has 0 spiro atoms. The first-order chi connectivity index (χ1) is 8.95. The summed E-state index contributed by atoms with van der Waals surface area (Å²) >= 11 is 0. The van der Waals surface area contributed by atoms with Crippen molar-refractivity contribution in [3.63, 3.8) is 0 Å². The highest BCUT2D eigenvalue weighted by Gasteiger charge is 2.30. The summed E-state index contributed by atoms with van der Waals surface area (Å²) in [6, 6.07) is 5.07. The summed E-state index contributed by atoms with van der Waals surface area (Å²) in [6.45, 7) is -0.514. The van der Waals surface area contributed by atoms with Crippen LogP contribution < -0.4 is 5.73 Å². The maximum atomic E-state index is 12.3. The van der Waals surface area contributed by atoms with Gasteiger partial charge in [-0.3, -0.25) is 10.1 Å². The number of nitrogens with two attached hydrogens (primary N) is 1. The Bertz CT molecular complexity index is 540. The normalized spacial score (nSPS) is 11.7. The third-order valence-electron chi connectivity index (χ3n) is 2.41. The number of nitro benzene ring substituents is 1. The largest absolute Gasteiger partial charge is 0.395 e. The summed E-state index contributed by atoms with van der Waals surface area (Å²) < 4.78 is 25.5. The Labute approximate surface area is 110 Å². The summed E-state index contributed by atoms with van der Waals surface area (Å²) in [5, 5.41) is 19.7. The zero-order valence-electron chi connectivity index (χ0n) is 10.1. The number of benzene rings is 1. The number of nitro groups is 1. The molecule has 0 aliphatic carbocycles. The average molecular weight is 289 g/mol. The minimum Gasteiger partial charge on any atom is -0.395 e. The van der Waals surface area contributed by atoms with Crippen LogP contribution in [0.4, 0.5) is 5.69 Å². The van der Waals surface area contributed by atoms with Gasteiger partial charge in [-0.25, -0.2) is 8.42 Å². The fraction of sp³-hybridized carbons (Fsp3) is 0.400. The quantitative estimate of drug-likeness (QED) is 0.516. The second kappa shape index (κ2) is 6.57. The van der Waals surface area contributed by atoms with E-state index in [1.54, 1.807) is 0 Å². The zero-order chi connectivity index (χ0) is 14.5. The van der Waals surface area contributed by atoms with E-state index in [1.807, 2.05) is 0 Å². The molecule has 8 nitrogen and oxygen atoms in total. The van der Waals surface area contributed by atoms with Crippen molar-refractivity contribution in [2.45, 2.75) is 4.90 Å². The van der Waals surface area contributed by atoms with E-state index in [1.165, 1.54) is 12.1 Å². The summed E-state index contributed by atoms with van der Waals surface area (Å²) in [7, 11) is -4.05. The predicted molar refractivity (Wildman–Crippen MR) is 68.0 cm³/mol. The maximum Gasteiger partial charge on any atom is 0.289 e. The summed E-state index contributed by atoms with van der Waals surface area (Å²) in [5.74, 6) is 0. The number of sulfonamides is 1. The van der Waals surface area contributed by atoms with Crippen LogP contribution in [0.5, 0.6) is 0 Å². The van der Waals surface area contributed by atoms with Gasteiger partial charge in [0, 0.05) is 25.7 Å². The van der Waals surface area contributed by atoms with Crippen molar-refractivity contribution in [1.29, 1.82) is 0 Å². The summed E-state index contributed by atoms with van der Waals surface area (Å²) in [5.41, 5.74) is 4.81. The molecule has 0 radical (unpaired) electrons. The van der Waals surface area contributed by atoms with Crippen LogP contribution in [-0.4, -0.2) is 49.0 Å². The van der Waals surface area contributed by atoms with Crippen LogP contribution in [-0.2, 0) is 10.0 Å². The van der Waals surface area contributed by atoms with Gasteiger partial charge in [0.05, 0.1) is 11.5 Å². The number of hydrogen-bond donors (Lipinski definition) is 2. The van der Waals surface area contributed by atoms with E-state index >= 15 is 0 Å². The highest BCUT2D eigenvalue weighted by molar-refractivity contribution is 7.89. The van der Waals surface area contributed by atoms with Gasteiger partial charge < -0.3 is 10.8 Å². The van der Waals surface area contributed by atoms with Gasteiger partial charge in [0.15, 0.2) is 4.90 Å². The Kier molecular flexibility index (Phi) is 5.36. The van der Waals surface area contributed by atoms with Crippen LogP contribution in [0, 0.1) is 10.1 Å². The smallest absolute Gasteiger partial charge is 0.289 e. The number of aliphatic hydroxyl groups excluding tert-OH is 1. The minimum absolute atomic E-state index is 0.0189. The third-order valence-corrected chi connectivity index (χ3v) is 4.35. The lowest BCUT2D eigenvalue weighted by molar-refractivity contribution is -0.387. The molecule has 0 aromatic heterocycles. The topological polar surface area (TPSA) is 127 Å². The third kappa shape index (κ3) is 3.47. The van der Waals surface area contributed by atoms with Crippen molar-refractivity contribution in [3.8, 4) is 0 Å². The minimum atomic E-state index is -4.05. The van der Waals surface area contributed by atoms with Gasteiger partial charge in [0.25, 0.3) is 5.69 Å². The molecule has 0 amide bonds. The molecule has 3 N–H and O–H groups in total. The molecule has 0 atom stereocenters. The molecular weight excluding hydrogens is 274 g/mol. The molecule has 0 saturated carbocycles. The van der Waals surface area contributed by atoms with Crippen molar-refractivity contribution < 1.29 is 18.4 Å². The van der Waals surface area contributed by atoms with Crippen molar-refractivity contribution in [2.75, 3.05) is 26.2 Å². The molecule has 1 rings (SSSR count). The Hall–Kier alpha value is -1.55. The highest BCUT2D eigenvalue weighted by atomic mass is 32.2. The van der Waals surface area contributed by atoms with Gasteiger partial charge in [-0.05, 0) is 6.07 Å². The lowest BCUT2D eigenvalue weighted by atomic mass is 10.3. The molecule has 1 aromatic carbocycles. The molecule has 0 unspecified atom stereocenters. The molecule has 0 saturated heterocycles. The molecule has 19 heavy (non-hydrogen) atoms. The molecule has 0 aliphatic rings. The molecule has 0 fully saturated rings. The molecule has 0 heterocycles. The lowest BCUT2D eigenvalue weighted by Crippen LogP contribution is -2.37. The number of rotatable bonds is 7. The fourth-order valence-corrected chi connectivity index (χ4v) is 3.18. The van der Waals surface area contributed by atoms with Gasteiger partial charge in [0.2, 0.25) is 10.0 Å². The van der Waals surface area contributed by atoms with E-state index in [0.717, 1.165) is 16.4 Å². The molecular formula is C10H15N3O5S. The van der Waals surface area contributed by atoms with Gasteiger partial charge >= 0.3 is 0 Å². The molecule has 9 heteroatoms. The first-order valence-electron chi connectivity index (χ1n) is 5.49. The van der Waals surface area contributed by atoms with Crippen LogP contribution in [0.15, 0.2) is 29.2 Å². The highest BCUT2D eigenvalue weighted by Crippen LogP contribution is 2.25. The number of aliphatic hydroxyl groups is 1. The van der Waals surface area contributed by atoms with Crippen molar-refractivity contribution in [3.05, 3.63) is 34.4 Å². The van der Waals surface area contributed by atoms with Crippen LogP contribution >= 0.6 is 0 Å². The number of para-hydroxylation sites is 1. The number of nitrogens with zero attached hydrogens (tertiary/aromatic N) is 2. The average Bonchev–Trinajstić information content (AvgIpc) is 2.38. The fourth-order valence-electron chi connectivity index (χ4n) is 1.57. The van der Waals surface area contributed by atoms with Crippen LogP contribution in [0.3, 0.4) is 0 Å². The van der Waals surface area contributed by atoms with Gasteiger partial charge in [-0.1, -0.05) is 12.1 Å². The van der Waals surface area contributed by atoms with Crippen molar-refractivity contribution in [2.24, 2.45) is 5.73 Å². The second-order valence-electron chi connectivity index (χ2n) is 3.64. The predicted octanol–water partition coefficient (Wildman–Crippen LogP) is -0.463. The lowest BCUT2D eigenvalue weighted by Gasteiger charge is -2.20.